The predicted molar refractivity (Wildman–Crippen MR) is 51.9 cm³/mol. The molecule has 2 aromatic heterocycles. The van der Waals surface area contributed by atoms with Crippen LogP contribution in [0.5, 0.6) is 0 Å². The summed E-state index contributed by atoms with van der Waals surface area (Å²) in [5.41, 5.74) is 0.874. The van der Waals surface area contributed by atoms with E-state index in [1.54, 1.807) is 0 Å². The maximum atomic E-state index is 12.6. The van der Waals surface area contributed by atoms with Gasteiger partial charge in [-0.2, -0.15) is 0 Å². The molecular weight excluding hydrogens is 183 g/mol. The zero-order valence-electron chi connectivity index (χ0n) is 8.07. The van der Waals surface area contributed by atoms with Crippen LogP contribution in [0.2, 0.25) is 0 Å². The van der Waals surface area contributed by atoms with Crippen molar-refractivity contribution in [3.05, 3.63) is 36.0 Å². The number of imidazole rings is 1. The van der Waals surface area contributed by atoms with Crippen LogP contribution in [0.15, 0.2) is 24.5 Å². The molecule has 0 N–H and O–H groups in total. The third-order valence-electron chi connectivity index (χ3n) is 1.55. The minimum absolute atomic E-state index is 0.306. The molecule has 4 heteroatoms. The largest absolute Gasteiger partial charge is 0.303 e. The molecule has 0 radical (unpaired) electrons. The lowest BCUT2D eigenvalue weighted by Crippen LogP contribution is -1.83. The van der Waals surface area contributed by atoms with E-state index in [0.717, 1.165) is 0 Å². The molecule has 0 amide bonds. The van der Waals surface area contributed by atoms with E-state index < -0.39 is 0 Å². The number of nitrogens with zero attached hydrogens (tertiary/aromatic N) is 2. The molecule has 0 aliphatic rings. The first-order chi connectivity index (χ1) is 6.79. The second kappa shape index (κ2) is 4.50. The minimum atomic E-state index is -0.350. The highest BCUT2D eigenvalue weighted by Gasteiger charge is 1.99. The van der Waals surface area contributed by atoms with E-state index in [1.807, 2.05) is 13.8 Å². The van der Waals surface area contributed by atoms with Crippen LogP contribution >= 0.6 is 0 Å². The van der Waals surface area contributed by atoms with Crippen LogP contribution in [-0.2, 0) is 0 Å². The highest BCUT2D eigenvalue weighted by Crippen LogP contribution is 2.04. The number of carbonyl (C=O) groups is 1. The molecule has 2 rings (SSSR count). The predicted octanol–water partition coefficient (Wildman–Crippen LogP) is 2.31. The lowest BCUT2D eigenvalue weighted by Gasteiger charge is -1.90. The fourth-order valence-electron chi connectivity index (χ4n) is 1.04. The first kappa shape index (κ1) is 10.4. The summed E-state index contributed by atoms with van der Waals surface area (Å²) >= 11 is 0. The number of carbonyl (C=O) groups excluding carboxylic acids is 1. The van der Waals surface area contributed by atoms with Crippen molar-refractivity contribution < 1.29 is 9.18 Å². The summed E-state index contributed by atoms with van der Waals surface area (Å²) in [7, 11) is 0. The van der Waals surface area contributed by atoms with Crippen LogP contribution in [0.1, 0.15) is 24.3 Å². The first-order valence-corrected chi connectivity index (χ1v) is 4.39. The van der Waals surface area contributed by atoms with Gasteiger partial charge in [-0.1, -0.05) is 13.8 Å². The maximum absolute atomic E-state index is 12.6. The van der Waals surface area contributed by atoms with Crippen LogP contribution in [0, 0.1) is 5.82 Å². The number of pyridine rings is 1. The topological polar surface area (TPSA) is 34.4 Å². The Balaban J connectivity index is 0.000000461. The molecule has 2 heterocycles. The van der Waals surface area contributed by atoms with Gasteiger partial charge in [0.05, 0.1) is 0 Å². The molecule has 74 valence electrons. The minimum Gasteiger partial charge on any atom is -0.303 e. The summed E-state index contributed by atoms with van der Waals surface area (Å²) in [5.74, 6) is -0.350. The van der Waals surface area contributed by atoms with Crippen LogP contribution in [0.25, 0.3) is 5.65 Å². The van der Waals surface area contributed by atoms with E-state index in [-0.39, 0.29) is 5.82 Å². The molecule has 0 aliphatic heterocycles. The van der Waals surface area contributed by atoms with Crippen LogP contribution < -0.4 is 0 Å². The van der Waals surface area contributed by atoms with Gasteiger partial charge >= 0.3 is 0 Å². The van der Waals surface area contributed by atoms with Crippen molar-refractivity contribution in [3.8, 4) is 0 Å². The summed E-state index contributed by atoms with van der Waals surface area (Å²) in [6.45, 7) is 4.00. The number of rotatable bonds is 1. The van der Waals surface area contributed by atoms with Gasteiger partial charge in [-0.05, 0) is 12.1 Å². The van der Waals surface area contributed by atoms with Gasteiger partial charge in [0.1, 0.15) is 17.2 Å². The molecule has 0 saturated carbocycles. The number of halogens is 1. The Morgan fingerprint density at radius 2 is 2.07 bits per heavy atom. The van der Waals surface area contributed by atoms with Crippen LogP contribution in [0.4, 0.5) is 4.39 Å². The van der Waals surface area contributed by atoms with Gasteiger partial charge in [0.25, 0.3) is 0 Å². The highest BCUT2D eigenvalue weighted by atomic mass is 19.1. The Labute approximate surface area is 81.2 Å². The monoisotopic (exact) mass is 194 g/mol. The van der Waals surface area contributed by atoms with Crippen molar-refractivity contribution in [2.24, 2.45) is 0 Å². The Kier molecular flexibility index (Phi) is 3.34. The van der Waals surface area contributed by atoms with Gasteiger partial charge in [0.15, 0.2) is 6.29 Å². The van der Waals surface area contributed by atoms with Crippen molar-refractivity contribution in [1.82, 2.24) is 9.38 Å². The summed E-state index contributed by atoms with van der Waals surface area (Å²) in [6, 6.07) is 2.82. The number of aldehydes is 1. The maximum Gasteiger partial charge on any atom is 0.170 e. The second-order valence-electron chi connectivity index (χ2n) is 2.40. The van der Waals surface area contributed by atoms with Gasteiger partial charge in [-0.3, -0.25) is 4.79 Å². The molecule has 0 atom stereocenters. The van der Waals surface area contributed by atoms with Gasteiger partial charge < -0.3 is 4.40 Å². The van der Waals surface area contributed by atoms with Crippen molar-refractivity contribution in [3.63, 3.8) is 0 Å². The van der Waals surface area contributed by atoms with E-state index in [1.165, 1.54) is 28.9 Å². The number of hydrogen-bond donors (Lipinski definition) is 0. The highest BCUT2D eigenvalue weighted by molar-refractivity contribution is 5.73. The third-order valence-corrected chi connectivity index (χ3v) is 1.55. The van der Waals surface area contributed by atoms with E-state index in [0.29, 0.717) is 17.6 Å². The van der Waals surface area contributed by atoms with E-state index in [2.05, 4.69) is 4.98 Å². The number of hydrogen-bond acceptors (Lipinski definition) is 2. The van der Waals surface area contributed by atoms with E-state index >= 15 is 0 Å². The molecule has 0 spiro atoms. The Morgan fingerprint density at radius 1 is 1.36 bits per heavy atom. The molecule has 3 nitrogen and oxygen atoms in total. The van der Waals surface area contributed by atoms with Gasteiger partial charge in [0, 0.05) is 12.4 Å². The molecule has 0 aromatic carbocycles. The molecule has 14 heavy (non-hydrogen) atoms. The molecule has 0 saturated heterocycles. The lowest BCUT2D eigenvalue weighted by molar-refractivity contribution is 0.111. The van der Waals surface area contributed by atoms with Gasteiger partial charge in [-0.25, -0.2) is 9.37 Å². The molecule has 0 aliphatic carbocycles. The summed E-state index contributed by atoms with van der Waals surface area (Å²) in [4.78, 5) is 14.2. The van der Waals surface area contributed by atoms with Gasteiger partial charge in [0.2, 0.25) is 0 Å². The standard InChI is InChI=1S/C8H5FN2O.C2H6/c9-6-1-2-8-10-7(5-12)4-11(8)3-6;1-2/h1-5H;1-2H3. The smallest absolute Gasteiger partial charge is 0.170 e. The zero-order chi connectivity index (χ0) is 10.6. The van der Waals surface area contributed by atoms with E-state index in [9.17, 15) is 9.18 Å². The summed E-state index contributed by atoms with van der Waals surface area (Å²) in [5, 5.41) is 0. The molecular formula is C10H11FN2O. The zero-order valence-corrected chi connectivity index (χ0v) is 8.07. The van der Waals surface area contributed by atoms with Crippen LogP contribution in [-0.4, -0.2) is 15.7 Å². The van der Waals surface area contributed by atoms with Crippen molar-refractivity contribution in [2.45, 2.75) is 13.8 Å². The average Bonchev–Trinajstić information content (AvgIpc) is 2.62. The molecule has 0 unspecified atom stereocenters. The summed E-state index contributed by atoms with van der Waals surface area (Å²) in [6.07, 6.45) is 3.38. The molecule has 0 bridgehead atoms. The van der Waals surface area contributed by atoms with Crippen molar-refractivity contribution >= 4 is 11.9 Å². The fourth-order valence-corrected chi connectivity index (χ4v) is 1.04. The lowest BCUT2D eigenvalue weighted by atomic mass is 10.5. The number of aromatic nitrogens is 2. The third kappa shape index (κ3) is 1.96. The van der Waals surface area contributed by atoms with Crippen LogP contribution in [0.3, 0.4) is 0 Å². The second-order valence-corrected chi connectivity index (χ2v) is 2.40. The SMILES string of the molecule is CC.O=Cc1cn2cc(F)ccc2n1. The van der Waals surface area contributed by atoms with Crippen molar-refractivity contribution in [1.29, 1.82) is 0 Å². The molecule has 2 aromatic rings. The van der Waals surface area contributed by atoms with E-state index in [4.69, 9.17) is 0 Å². The Hall–Kier alpha value is -1.71. The van der Waals surface area contributed by atoms with Gasteiger partial charge in [-0.15, -0.1) is 0 Å². The fraction of sp³-hybridized carbons (Fsp3) is 0.200. The average molecular weight is 194 g/mol. The number of fused-ring (bicyclic) bond motifs is 1. The Bertz CT molecular complexity index is 437. The molecule has 0 fully saturated rings. The van der Waals surface area contributed by atoms with Crippen molar-refractivity contribution in [2.75, 3.05) is 0 Å². The normalized spacial score (nSPS) is 9.36. The summed E-state index contributed by atoms with van der Waals surface area (Å²) < 4.78 is 14.1. The Morgan fingerprint density at radius 3 is 2.71 bits per heavy atom. The first-order valence-electron chi connectivity index (χ1n) is 4.39. The quantitative estimate of drug-likeness (QED) is 0.653.